The first-order valence-corrected chi connectivity index (χ1v) is 12.3. The Labute approximate surface area is 169 Å². The maximum absolute atomic E-state index is 13.3. The minimum atomic E-state index is -3.48. The number of piperidine rings is 1. The van der Waals surface area contributed by atoms with Crippen LogP contribution in [0.3, 0.4) is 0 Å². The summed E-state index contributed by atoms with van der Waals surface area (Å²) < 4.78 is 28.2. The highest BCUT2D eigenvalue weighted by Crippen LogP contribution is 2.41. The Bertz CT molecular complexity index is 1000. The van der Waals surface area contributed by atoms with E-state index in [2.05, 4.69) is 5.32 Å². The summed E-state index contributed by atoms with van der Waals surface area (Å²) in [6, 6.07) is 9.41. The second kappa shape index (κ2) is 6.97. The van der Waals surface area contributed by atoms with Crippen LogP contribution in [0, 0.1) is 5.92 Å². The Morgan fingerprint density at radius 1 is 1.11 bits per heavy atom. The molecule has 1 amide bonds. The SMILES string of the molecule is O=C(N[C@H]1C[C@@H]2C[C@H]1CN2S(=O)(=O)c1ccc2c(c1)CCCC2)c1cccs1. The molecule has 2 aliphatic carbocycles. The van der Waals surface area contributed by atoms with Crippen molar-refractivity contribution in [2.45, 2.75) is 55.5 Å². The van der Waals surface area contributed by atoms with E-state index in [-0.39, 0.29) is 23.9 Å². The van der Waals surface area contributed by atoms with E-state index in [4.69, 9.17) is 0 Å². The molecule has 28 heavy (non-hydrogen) atoms. The number of amides is 1. The van der Waals surface area contributed by atoms with Crippen LogP contribution >= 0.6 is 11.3 Å². The highest BCUT2D eigenvalue weighted by molar-refractivity contribution is 7.89. The largest absolute Gasteiger partial charge is 0.348 e. The van der Waals surface area contributed by atoms with Crippen LogP contribution in [0.15, 0.2) is 40.6 Å². The Balaban J connectivity index is 1.31. The van der Waals surface area contributed by atoms with Gasteiger partial charge in [-0.05, 0) is 79.1 Å². The number of hydrogen-bond donors (Lipinski definition) is 1. The van der Waals surface area contributed by atoms with Gasteiger partial charge < -0.3 is 5.32 Å². The molecule has 3 aliphatic rings. The summed E-state index contributed by atoms with van der Waals surface area (Å²) in [5, 5.41) is 5.01. The maximum Gasteiger partial charge on any atom is 0.261 e. The molecular weight excluding hydrogens is 392 g/mol. The number of rotatable bonds is 4. The lowest BCUT2D eigenvalue weighted by Crippen LogP contribution is -2.47. The predicted molar refractivity (Wildman–Crippen MR) is 109 cm³/mol. The van der Waals surface area contributed by atoms with E-state index in [1.807, 2.05) is 29.6 Å². The van der Waals surface area contributed by atoms with E-state index in [1.54, 1.807) is 10.4 Å². The Morgan fingerprint density at radius 2 is 1.93 bits per heavy atom. The third-order valence-corrected chi connectivity index (χ3v) is 9.26. The molecule has 148 valence electrons. The lowest BCUT2D eigenvalue weighted by Gasteiger charge is -2.31. The van der Waals surface area contributed by atoms with Gasteiger partial charge in [-0.2, -0.15) is 4.31 Å². The van der Waals surface area contributed by atoms with E-state index in [0.717, 1.165) is 25.7 Å². The number of aryl methyl sites for hydroxylation is 2. The second-order valence-electron chi connectivity index (χ2n) is 8.15. The van der Waals surface area contributed by atoms with Crippen LogP contribution in [0.5, 0.6) is 0 Å². The maximum atomic E-state index is 13.3. The number of nitrogens with zero attached hydrogens (tertiary/aromatic N) is 1. The fraction of sp³-hybridized carbons (Fsp3) is 0.476. The van der Waals surface area contributed by atoms with Gasteiger partial charge in [0, 0.05) is 18.6 Å². The zero-order valence-corrected chi connectivity index (χ0v) is 17.3. The summed E-state index contributed by atoms with van der Waals surface area (Å²) in [5.74, 6) is 0.151. The topological polar surface area (TPSA) is 66.5 Å². The number of hydrogen-bond acceptors (Lipinski definition) is 4. The molecule has 0 unspecified atom stereocenters. The molecule has 2 fully saturated rings. The standard InChI is InChI=1S/C21H24N2O3S2/c24-21(20-6-3-9-27-20)22-19-12-17-10-16(19)13-23(17)28(25,26)18-8-7-14-4-1-2-5-15(14)11-18/h3,6-9,11,16-17,19H,1-2,4-5,10,12-13H2,(H,22,24)/t16-,17-,19-/m0/s1. The summed E-state index contributed by atoms with van der Waals surface area (Å²) in [6.07, 6.45) is 5.88. The Hall–Kier alpha value is -1.70. The molecule has 5 rings (SSSR count). The second-order valence-corrected chi connectivity index (χ2v) is 11.0. The van der Waals surface area contributed by atoms with Crippen molar-refractivity contribution in [2.75, 3.05) is 6.54 Å². The van der Waals surface area contributed by atoms with Gasteiger partial charge in [0.15, 0.2) is 0 Å². The Kier molecular flexibility index (Phi) is 4.56. The van der Waals surface area contributed by atoms with Crippen LogP contribution in [0.25, 0.3) is 0 Å². The fourth-order valence-electron chi connectivity index (χ4n) is 5.04. The Morgan fingerprint density at radius 3 is 2.64 bits per heavy atom. The number of carbonyl (C=O) groups is 1. The molecule has 1 aliphatic heterocycles. The van der Waals surface area contributed by atoms with Crippen molar-refractivity contribution in [2.24, 2.45) is 5.92 Å². The first-order valence-electron chi connectivity index (χ1n) is 10.0. The van der Waals surface area contributed by atoms with Crippen LogP contribution in [-0.2, 0) is 22.9 Å². The zero-order chi connectivity index (χ0) is 19.3. The molecule has 5 nitrogen and oxygen atoms in total. The molecule has 1 aromatic heterocycles. The number of nitrogens with one attached hydrogen (secondary N) is 1. The van der Waals surface area contributed by atoms with Crippen molar-refractivity contribution in [1.82, 2.24) is 9.62 Å². The minimum Gasteiger partial charge on any atom is -0.348 e. The lowest BCUT2D eigenvalue weighted by atomic mass is 9.92. The van der Waals surface area contributed by atoms with Gasteiger partial charge in [0.1, 0.15) is 0 Å². The van der Waals surface area contributed by atoms with Gasteiger partial charge in [0.2, 0.25) is 10.0 Å². The average molecular weight is 417 g/mol. The molecule has 7 heteroatoms. The molecule has 2 heterocycles. The van der Waals surface area contributed by atoms with Gasteiger partial charge >= 0.3 is 0 Å². The van der Waals surface area contributed by atoms with Crippen molar-refractivity contribution in [3.05, 3.63) is 51.7 Å². The molecule has 2 aromatic rings. The highest BCUT2D eigenvalue weighted by atomic mass is 32.2. The predicted octanol–water partition coefficient (Wildman–Crippen LogP) is 3.21. The van der Waals surface area contributed by atoms with Crippen LogP contribution < -0.4 is 5.32 Å². The van der Waals surface area contributed by atoms with Gasteiger partial charge in [-0.25, -0.2) is 8.42 Å². The van der Waals surface area contributed by atoms with Crippen LogP contribution in [0.1, 0.15) is 46.5 Å². The number of thiophene rings is 1. The molecule has 1 aromatic carbocycles. The monoisotopic (exact) mass is 416 g/mol. The normalized spacial score (nSPS) is 26.9. The quantitative estimate of drug-likeness (QED) is 0.832. The van der Waals surface area contributed by atoms with Gasteiger partial charge in [0.25, 0.3) is 5.91 Å². The van der Waals surface area contributed by atoms with Crippen molar-refractivity contribution in [1.29, 1.82) is 0 Å². The van der Waals surface area contributed by atoms with Crippen LogP contribution in [-0.4, -0.2) is 37.3 Å². The molecule has 0 spiro atoms. The smallest absolute Gasteiger partial charge is 0.261 e. The van der Waals surface area contributed by atoms with Crippen molar-refractivity contribution >= 4 is 27.3 Å². The van der Waals surface area contributed by atoms with Crippen molar-refractivity contribution < 1.29 is 13.2 Å². The number of carbonyl (C=O) groups excluding carboxylic acids is 1. The first-order chi connectivity index (χ1) is 13.5. The third-order valence-electron chi connectivity index (χ3n) is 6.48. The molecule has 1 N–H and O–H groups in total. The molecule has 3 atom stereocenters. The molecular formula is C21H24N2O3S2. The van der Waals surface area contributed by atoms with E-state index < -0.39 is 10.0 Å². The van der Waals surface area contributed by atoms with Crippen molar-refractivity contribution in [3.63, 3.8) is 0 Å². The van der Waals surface area contributed by atoms with Crippen LogP contribution in [0.2, 0.25) is 0 Å². The lowest BCUT2D eigenvalue weighted by molar-refractivity contribution is 0.0923. The van der Waals surface area contributed by atoms with Gasteiger partial charge in [0.05, 0.1) is 9.77 Å². The van der Waals surface area contributed by atoms with E-state index >= 15 is 0 Å². The van der Waals surface area contributed by atoms with Gasteiger partial charge in [-0.15, -0.1) is 11.3 Å². The molecule has 1 saturated heterocycles. The third kappa shape index (κ3) is 3.09. The average Bonchev–Trinajstić information content (AvgIpc) is 3.44. The number of sulfonamides is 1. The van der Waals surface area contributed by atoms with E-state index in [9.17, 15) is 13.2 Å². The molecule has 2 bridgehead atoms. The first kappa shape index (κ1) is 18.3. The van der Waals surface area contributed by atoms with Crippen molar-refractivity contribution in [3.8, 4) is 0 Å². The summed E-state index contributed by atoms with van der Waals surface area (Å²) in [5.41, 5.74) is 2.49. The number of benzene rings is 1. The number of fused-ring (bicyclic) bond motifs is 3. The fourth-order valence-corrected chi connectivity index (χ4v) is 7.42. The summed E-state index contributed by atoms with van der Waals surface area (Å²) in [6.45, 7) is 0.499. The zero-order valence-electron chi connectivity index (χ0n) is 15.6. The minimum absolute atomic E-state index is 0.0142. The van der Waals surface area contributed by atoms with E-state index in [0.29, 0.717) is 22.7 Å². The molecule has 1 saturated carbocycles. The van der Waals surface area contributed by atoms with Gasteiger partial charge in [-0.1, -0.05) is 12.1 Å². The highest BCUT2D eigenvalue weighted by Gasteiger charge is 2.49. The van der Waals surface area contributed by atoms with Gasteiger partial charge in [-0.3, -0.25) is 4.79 Å². The molecule has 0 radical (unpaired) electrons. The van der Waals surface area contributed by atoms with E-state index in [1.165, 1.54) is 28.9 Å². The summed E-state index contributed by atoms with van der Waals surface area (Å²) >= 11 is 1.43. The summed E-state index contributed by atoms with van der Waals surface area (Å²) in [7, 11) is -3.48. The summed E-state index contributed by atoms with van der Waals surface area (Å²) in [4.78, 5) is 13.5. The van der Waals surface area contributed by atoms with Crippen LogP contribution in [0.4, 0.5) is 0 Å².